The molecule has 0 aliphatic carbocycles. The monoisotopic (exact) mass is 459 g/mol. The number of ether oxygens (including phenoxy) is 1. The molecule has 0 bridgehead atoms. The summed E-state index contributed by atoms with van der Waals surface area (Å²) in [7, 11) is -3.58. The normalized spacial score (nSPS) is 17.4. The smallest absolute Gasteiger partial charge is 0.243 e. The number of aryl methyl sites for hydroxylation is 1. The summed E-state index contributed by atoms with van der Waals surface area (Å²) in [5, 5.41) is 9.38. The molecule has 174 valence electrons. The van der Waals surface area contributed by atoms with Crippen LogP contribution in [0.3, 0.4) is 0 Å². The molecule has 1 heterocycles. The lowest BCUT2D eigenvalue weighted by Gasteiger charge is -2.37. The van der Waals surface area contributed by atoms with E-state index in [1.807, 2.05) is 25.1 Å². The first-order valence-electron chi connectivity index (χ1n) is 11.0. The van der Waals surface area contributed by atoms with E-state index in [2.05, 4.69) is 17.1 Å². The molecule has 2 aromatic carbocycles. The van der Waals surface area contributed by atoms with E-state index < -0.39 is 15.6 Å². The van der Waals surface area contributed by atoms with Crippen LogP contribution >= 0.6 is 0 Å². The highest BCUT2D eigenvalue weighted by molar-refractivity contribution is 7.89. The van der Waals surface area contributed by atoms with Crippen molar-refractivity contribution in [3.63, 3.8) is 0 Å². The lowest BCUT2D eigenvalue weighted by Crippen LogP contribution is -2.53. The highest BCUT2D eigenvalue weighted by Gasteiger charge is 2.35. The van der Waals surface area contributed by atoms with E-state index >= 15 is 0 Å². The number of rotatable bonds is 10. The minimum absolute atomic E-state index is 0.134. The number of piperidine rings is 1. The fourth-order valence-corrected chi connectivity index (χ4v) is 5.11. The van der Waals surface area contributed by atoms with Crippen LogP contribution in [-0.2, 0) is 21.2 Å². The van der Waals surface area contributed by atoms with Gasteiger partial charge in [-0.2, -0.15) is 4.31 Å². The Hall–Kier alpha value is -2.10. The Bertz CT molecular complexity index is 984. The van der Waals surface area contributed by atoms with Crippen molar-refractivity contribution in [1.29, 1.82) is 0 Å². The Morgan fingerprint density at radius 1 is 1.12 bits per heavy atom. The summed E-state index contributed by atoms with van der Waals surface area (Å²) >= 11 is 0. The third-order valence-corrected chi connectivity index (χ3v) is 7.85. The Labute approximate surface area is 191 Å². The van der Waals surface area contributed by atoms with Gasteiger partial charge in [-0.1, -0.05) is 42.5 Å². The zero-order valence-corrected chi connectivity index (χ0v) is 19.4. The SMILES string of the molecule is C/C(=N\COCCCc1ccccc1)c1ccc(S(=O)(=O)N2CCC(N)(CO)CC2)cc1. The second kappa shape index (κ2) is 11.2. The molecule has 7 nitrogen and oxygen atoms in total. The summed E-state index contributed by atoms with van der Waals surface area (Å²) in [5.74, 6) is 0. The number of hydrogen-bond donors (Lipinski definition) is 2. The molecule has 3 N–H and O–H groups in total. The molecule has 1 fully saturated rings. The number of aliphatic hydroxyl groups is 1. The Balaban J connectivity index is 1.48. The molecule has 1 aliphatic rings. The van der Waals surface area contributed by atoms with Crippen LogP contribution in [0.4, 0.5) is 0 Å². The van der Waals surface area contributed by atoms with Crippen molar-refractivity contribution >= 4 is 15.7 Å². The fourth-order valence-electron chi connectivity index (χ4n) is 3.67. The van der Waals surface area contributed by atoms with Crippen molar-refractivity contribution in [3.8, 4) is 0 Å². The zero-order valence-electron chi connectivity index (χ0n) is 18.6. The van der Waals surface area contributed by atoms with Gasteiger partial charge in [0.2, 0.25) is 10.0 Å². The highest BCUT2D eigenvalue weighted by atomic mass is 32.2. The standard InChI is InChI=1S/C24H33N3O4S/c1-20(26-19-31-17-5-8-21-6-3-2-4-7-21)22-9-11-23(12-10-22)32(29,30)27-15-13-24(25,18-28)14-16-27/h2-4,6-7,9-12,28H,5,8,13-19,25H2,1H3/b26-20+. The van der Waals surface area contributed by atoms with E-state index in [9.17, 15) is 13.5 Å². The van der Waals surface area contributed by atoms with Crippen LogP contribution in [0.1, 0.15) is 37.3 Å². The predicted octanol–water partition coefficient (Wildman–Crippen LogP) is 2.58. The molecule has 1 aliphatic heterocycles. The van der Waals surface area contributed by atoms with Gasteiger partial charge < -0.3 is 15.6 Å². The maximum atomic E-state index is 12.9. The molecule has 3 rings (SSSR count). The molecule has 8 heteroatoms. The number of benzene rings is 2. The fraction of sp³-hybridized carbons (Fsp3) is 0.458. The largest absolute Gasteiger partial charge is 0.394 e. The van der Waals surface area contributed by atoms with E-state index in [0.717, 1.165) is 24.1 Å². The van der Waals surface area contributed by atoms with Crippen molar-refractivity contribution in [1.82, 2.24) is 4.31 Å². The lowest BCUT2D eigenvalue weighted by molar-refractivity contribution is 0.139. The second-order valence-corrected chi connectivity index (χ2v) is 10.3. The van der Waals surface area contributed by atoms with Crippen LogP contribution in [-0.4, -0.2) is 62.1 Å². The number of sulfonamides is 1. The number of aliphatic hydroxyl groups excluding tert-OH is 1. The molecule has 0 spiro atoms. The number of aliphatic imine (C=N–C) groups is 1. The third kappa shape index (κ3) is 6.46. The van der Waals surface area contributed by atoms with Gasteiger partial charge in [0.25, 0.3) is 0 Å². The quantitative estimate of drug-likeness (QED) is 0.420. The van der Waals surface area contributed by atoms with E-state index in [1.165, 1.54) is 9.87 Å². The number of nitrogens with two attached hydrogens (primary N) is 1. The average Bonchev–Trinajstić information content (AvgIpc) is 2.82. The van der Waals surface area contributed by atoms with E-state index in [-0.39, 0.29) is 18.2 Å². The molecule has 32 heavy (non-hydrogen) atoms. The van der Waals surface area contributed by atoms with Gasteiger partial charge in [0.05, 0.1) is 11.5 Å². The zero-order chi connectivity index (χ0) is 23.0. The summed E-state index contributed by atoms with van der Waals surface area (Å²) in [6.07, 6.45) is 2.80. The van der Waals surface area contributed by atoms with Gasteiger partial charge in [0, 0.05) is 30.9 Å². The van der Waals surface area contributed by atoms with Gasteiger partial charge in [0.15, 0.2) is 0 Å². The van der Waals surface area contributed by atoms with Gasteiger partial charge >= 0.3 is 0 Å². The van der Waals surface area contributed by atoms with Crippen LogP contribution in [0.5, 0.6) is 0 Å². The van der Waals surface area contributed by atoms with Crippen LogP contribution in [0.25, 0.3) is 0 Å². The molecule has 1 saturated heterocycles. The summed E-state index contributed by atoms with van der Waals surface area (Å²) in [4.78, 5) is 4.69. The summed E-state index contributed by atoms with van der Waals surface area (Å²) < 4.78 is 32.9. The Morgan fingerprint density at radius 3 is 2.41 bits per heavy atom. The first-order valence-corrected chi connectivity index (χ1v) is 12.4. The van der Waals surface area contributed by atoms with Gasteiger partial charge in [-0.25, -0.2) is 8.42 Å². The van der Waals surface area contributed by atoms with Gasteiger partial charge in [-0.05, 0) is 55.9 Å². The van der Waals surface area contributed by atoms with Gasteiger partial charge in [0.1, 0.15) is 6.73 Å². The van der Waals surface area contributed by atoms with Crippen LogP contribution in [0.2, 0.25) is 0 Å². The average molecular weight is 460 g/mol. The summed E-state index contributed by atoms with van der Waals surface area (Å²) in [5.41, 5.74) is 8.32. The molecule has 2 aromatic rings. The summed E-state index contributed by atoms with van der Waals surface area (Å²) in [6.45, 7) is 3.29. The van der Waals surface area contributed by atoms with Crippen molar-refractivity contribution < 1.29 is 18.3 Å². The van der Waals surface area contributed by atoms with Crippen LogP contribution in [0.15, 0.2) is 64.5 Å². The van der Waals surface area contributed by atoms with Crippen LogP contribution in [0, 0.1) is 0 Å². The maximum absolute atomic E-state index is 12.9. The topological polar surface area (TPSA) is 105 Å². The summed E-state index contributed by atoms with van der Waals surface area (Å²) in [6, 6.07) is 17.1. The molecule has 0 atom stereocenters. The van der Waals surface area contributed by atoms with Gasteiger partial charge in [-0.3, -0.25) is 4.99 Å². The van der Waals surface area contributed by atoms with Crippen molar-refractivity contribution in [2.75, 3.05) is 33.0 Å². The lowest BCUT2D eigenvalue weighted by atomic mass is 9.91. The van der Waals surface area contributed by atoms with Crippen molar-refractivity contribution in [2.24, 2.45) is 10.7 Å². The second-order valence-electron chi connectivity index (χ2n) is 8.32. The van der Waals surface area contributed by atoms with Crippen LogP contribution < -0.4 is 5.73 Å². The van der Waals surface area contributed by atoms with Crippen molar-refractivity contribution in [3.05, 3.63) is 65.7 Å². The predicted molar refractivity (Wildman–Crippen MR) is 126 cm³/mol. The third-order valence-electron chi connectivity index (χ3n) is 5.93. The minimum Gasteiger partial charge on any atom is -0.394 e. The molecule has 0 saturated carbocycles. The van der Waals surface area contributed by atoms with E-state index in [4.69, 9.17) is 10.5 Å². The first kappa shape index (κ1) is 24.5. The van der Waals surface area contributed by atoms with E-state index in [1.54, 1.807) is 24.3 Å². The minimum atomic E-state index is -3.58. The Morgan fingerprint density at radius 2 is 1.78 bits per heavy atom. The molecular weight excluding hydrogens is 426 g/mol. The Kier molecular flexibility index (Phi) is 8.56. The highest BCUT2D eigenvalue weighted by Crippen LogP contribution is 2.25. The maximum Gasteiger partial charge on any atom is 0.243 e. The molecule has 0 unspecified atom stereocenters. The molecule has 0 radical (unpaired) electrons. The van der Waals surface area contributed by atoms with Gasteiger partial charge in [-0.15, -0.1) is 0 Å². The number of nitrogens with zero attached hydrogens (tertiary/aromatic N) is 2. The number of hydrogen-bond acceptors (Lipinski definition) is 6. The molecule has 0 amide bonds. The molecular formula is C24H33N3O4S. The van der Waals surface area contributed by atoms with Crippen molar-refractivity contribution in [2.45, 2.75) is 43.0 Å². The first-order chi connectivity index (χ1) is 15.3. The molecule has 0 aromatic heterocycles. The van der Waals surface area contributed by atoms with E-state index in [0.29, 0.717) is 32.5 Å².